The highest BCUT2D eigenvalue weighted by Crippen LogP contribution is 2.18. The summed E-state index contributed by atoms with van der Waals surface area (Å²) in [7, 11) is 0. The van der Waals surface area contributed by atoms with Gasteiger partial charge >= 0.3 is 0 Å². The second kappa shape index (κ2) is 6.69. The summed E-state index contributed by atoms with van der Waals surface area (Å²) >= 11 is 0. The second-order valence-corrected chi connectivity index (χ2v) is 6.48. The van der Waals surface area contributed by atoms with E-state index in [4.69, 9.17) is 0 Å². The van der Waals surface area contributed by atoms with Gasteiger partial charge in [0.25, 0.3) is 5.91 Å². The number of fused-ring (bicyclic) bond motifs is 1. The maximum absolute atomic E-state index is 12.7. The van der Waals surface area contributed by atoms with Crippen LogP contribution in [0.4, 0.5) is 0 Å². The lowest BCUT2D eigenvalue weighted by atomic mass is 10.1. The molecule has 5 nitrogen and oxygen atoms in total. The fourth-order valence-electron chi connectivity index (χ4n) is 3.43. The summed E-state index contributed by atoms with van der Waals surface area (Å²) < 4.78 is 2.20. The van der Waals surface area contributed by atoms with Crippen molar-refractivity contribution in [2.75, 3.05) is 26.2 Å². The molecule has 1 aliphatic heterocycles. The van der Waals surface area contributed by atoms with Crippen molar-refractivity contribution in [3.63, 3.8) is 0 Å². The minimum atomic E-state index is 0.121. The highest BCUT2D eigenvalue weighted by Gasteiger charge is 2.18. The quantitative estimate of drug-likeness (QED) is 0.800. The van der Waals surface area contributed by atoms with E-state index in [0.29, 0.717) is 0 Å². The monoisotopic (exact) mass is 334 g/mol. The molecule has 1 saturated heterocycles. The van der Waals surface area contributed by atoms with E-state index in [1.54, 1.807) is 0 Å². The first kappa shape index (κ1) is 15.8. The number of nitrogens with one attached hydrogen (secondary N) is 1. The summed E-state index contributed by atoms with van der Waals surface area (Å²) in [5.74, 6) is 1.11. The van der Waals surface area contributed by atoms with E-state index in [-0.39, 0.29) is 5.91 Å². The smallest absolute Gasteiger partial charge is 0.253 e. The first-order chi connectivity index (χ1) is 12.2. The van der Waals surface area contributed by atoms with Gasteiger partial charge < -0.3 is 14.8 Å². The zero-order valence-corrected chi connectivity index (χ0v) is 14.4. The molecule has 1 fully saturated rings. The van der Waals surface area contributed by atoms with Crippen LogP contribution in [0.1, 0.15) is 21.7 Å². The number of aromatic nitrogens is 2. The van der Waals surface area contributed by atoms with Crippen molar-refractivity contribution in [2.45, 2.75) is 13.5 Å². The standard InChI is InChI=1S/C20H22N4O/c1-15-22-18-7-2-3-8-19(18)24(15)14-16-5-4-6-17(13-16)20(25)23-11-9-21-10-12-23/h2-8,13,21H,9-12,14H2,1H3. The molecule has 0 unspecified atom stereocenters. The first-order valence-corrected chi connectivity index (χ1v) is 8.73. The number of carbonyl (C=O) groups is 1. The van der Waals surface area contributed by atoms with Crippen LogP contribution in [0, 0.1) is 6.92 Å². The van der Waals surface area contributed by atoms with Gasteiger partial charge in [-0.25, -0.2) is 4.98 Å². The summed E-state index contributed by atoms with van der Waals surface area (Å²) in [4.78, 5) is 19.3. The summed E-state index contributed by atoms with van der Waals surface area (Å²) in [5, 5.41) is 3.28. The Bertz CT molecular complexity index is 909. The van der Waals surface area contributed by atoms with Crippen molar-refractivity contribution in [1.29, 1.82) is 0 Å². The van der Waals surface area contributed by atoms with Gasteiger partial charge in [0.15, 0.2) is 0 Å². The van der Waals surface area contributed by atoms with Crippen LogP contribution in [0.25, 0.3) is 11.0 Å². The molecule has 3 aromatic rings. The average molecular weight is 334 g/mol. The third-order valence-corrected chi connectivity index (χ3v) is 4.76. The number of aryl methyl sites for hydroxylation is 1. The lowest BCUT2D eigenvalue weighted by molar-refractivity contribution is 0.0735. The van der Waals surface area contributed by atoms with E-state index in [9.17, 15) is 4.79 Å². The van der Waals surface area contributed by atoms with E-state index >= 15 is 0 Å². The first-order valence-electron chi connectivity index (χ1n) is 8.73. The van der Waals surface area contributed by atoms with E-state index in [0.717, 1.165) is 60.7 Å². The molecule has 1 aromatic heterocycles. The Labute approximate surface area is 147 Å². The Morgan fingerprint density at radius 1 is 1.12 bits per heavy atom. The van der Waals surface area contributed by atoms with Crippen LogP contribution in [-0.4, -0.2) is 46.5 Å². The Kier molecular flexibility index (Phi) is 4.24. The van der Waals surface area contributed by atoms with Crippen molar-refractivity contribution in [1.82, 2.24) is 19.8 Å². The number of para-hydroxylation sites is 2. The van der Waals surface area contributed by atoms with E-state index in [1.807, 2.05) is 48.2 Å². The number of hydrogen-bond acceptors (Lipinski definition) is 3. The van der Waals surface area contributed by atoms with E-state index in [1.165, 1.54) is 0 Å². The van der Waals surface area contributed by atoms with Crippen molar-refractivity contribution in [3.05, 3.63) is 65.5 Å². The van der Waals surface area contributed by atoms with Gasteiger partial charge in [0, 0.05) is 38.3 Å². The van der Waals surface area contributed by atoms with Crippen molar-refractivity contribution in [3.8, 4) is 0 Å². The van der Waals surface area contributed by atoms with Crippen molar-refractivity contribution in [2.24, 2.45) is 0 Å². The predicted octanol–water partition coefficient (Wildman–Crippen LogP) is 2.44. The molecule has 0 aliphatic carbocycles. The molecule has 1 aliphatic rings. The summed E-state index contributed by atoms with van der Waals surface area (Å²) in [6.45, 7) is 6.02. The summed E-state index contributed by atoms with van der Waals surface area (Å²) in [5.41, 5.74) is 4.01. The number of rotatable bonds is 3. The fourth-order valence-corrected chi connectivity index (χ4v) is 3.43. The molecule has 128 valence electrons. The predicted molar refractivity (Wildman–Crippen MR) is 98.8 cm³/mol. The molecule has 0 atom stereocenters. The highest BCUT2D eigenvalue weighted by molar-refractivity contribution is 5.94. The number of piperazine rings is 1. The zero-order chi connectivity index (χ0) is 17.2. The molecule has 0 radical (unpaired) electrons. The van der Waals surface area contributed by atoms with Gasteiger partial charge in [0.1, 0.15) is 5.82 Å². The van der Waals surface area contributed by atoms with Crippen molar-refractivity contribution < 1.29 is 4.79 Å². The van der Waals surface area contributed by atoms with Gasteiger partial charge in [0.2, 0.25) is 0 Å². The van der Waals surface area contributed by atoms with Crippen LogP contribution in [-0.2, 0) is 6.54 Å². The minimum Gasteiger partial charge on any atom is -0.336 e. The van der Waals surface area contributed by atoms with Gasteiger partial charge in [-0.05, 0) is 36.8 Å². The van der Waals surface area contributed by atoms with Crippen LogP contribution < -0.4 is 5.32 Å². The number of benzene rings is 2. The van der Waals surface area contributed by atoms with Crippen LogP contribution in [0.3, 0.4) is 0 Å². The number of imidazole rings is 1. The van der Waals surface area contributed by atoms with E-state index in [2.05, 4.69) is 27.0 Å². The zero-order valence-electron chi connectivity index (χ0n) is 14.4. The number of nitrogens with zero attached hydrogens (tertiary/aromatic N) is 3. The topological polar surface area (TPSA) is 50.2 Å². The lowest BCUT2D eigenvalue weighted by Crippen LogP contribution is -2.46. The molecule has 2 aromatic carbocycles. The van der Waals surface area contributed by atoms with Gasteiger partial charge in [-0.2, -0.15) is 0 Å². The Balaban J connectivity index is 1.61. The van der Waals surface area contributed by atoms with Gasteiger partial charge in [-0.15, -0.1) is 0 Å². The molecule has 0 saturated carbocycles. The van der Waals surface area contributed by atoms with Gasteiger partial charge in [-0.1, -0.05) is 24.3 Å². The van der Waals surface area contributed by atoms with Crippen molar-refractivity contribution >= 4 is 16.9 Å². The molecular formula is C20H22N4O. The van der Waals surface area contributed by atoms with Crippen LogP contribution in [0.2, 0.25) is 0 Å². The summed E-state index contributed by atoms with van der Waals surface area (Å²) in [6, 6.07) is 16.1. The third-order valence-electron chi connectivity index (χ3n) is 4.76. The highest BCUT2D eigenvalue weighted by atomic mass is 16.2. The number of hydrogen-bond donors (Lipinski definition) is 1. The van der Waals surface area contributed by atoms with Gasteiger partial charge in [-0.3, -0.25) is 4.79 Å². The Hall–Kier alpha value is -2.66. The average Bonchev–Trinajstić information content (AvgIpc) is 2.97. The SMILES string of the molecule is Cc1nc2ccccc2n1Cc1cccc(C(=O)N2CCNCC2)c1. The fraction of sp³-hybridized carbons (Fsp3) is 0.300. The normalized spacial score (nSPS) is 14.8. The molecule has 1 N–H and O–H groups in total. The Morgan fingerprint density at radius 2 is 1.92 bits per heavy atom. The van der Waals surface area contributed by atoms with Gasteiger partial charge in [0.05, 0.1) is 11.0 Å². The van der Waals surface area contributed by atoms with E-state index < -0.39 is 0 Å². The second-order valence-electron chi connectivity index (χ2n) is 6.48. The largest absolute Gasteiger partial charge is 0.336 e. The van der Waals surface area contributed by atoms with Crippen LogP contribution >= 0.6 is 0 Å². The molecule has 0 spiro atoms. The van der Waals surface area contributed by atoms with Crippen LogP contribution in [0.15, 0.2) is 48.5 Å². The third kappa shape index (κ3) is 3.15. The van der Waals surface area contributed by atoms with Crippen LogP contribution in [0.5, 0.6) is 0 Å². The minimum absolute atomic E-state index is 0.121. The lowest BCUT2D eigenvalue weighted by Gasteiger charge is -2.27. The maximum atomic E-state index is 12.7. The molecule has 1 amide bonds. The number of carbonyl (C=O) groups excluding carboxylic acids is 1. The molecule has 5 heteroatoms. The maximum Gasteiger partial charge on any atom is 0.253 e. The summed E-state index contributed by atoms with van der Waals surface area (Å²) in [6.07, 6.45) is 0. The molecule has 2 heterocycles. The molecule has 4 rings (SSSR count). The molecular weight excluding hydrogens is 312 g/mol. The molecule has 25 heavy (non-hydrogen) atoms. The number of amides is 1. The Morgan fingerprint density at radius 3 is 2.76 bits per heavy atom. The molecule has 0 bridgehead atoms.